The fraction of sp³-hybridized carbons (Fsp3) is 0.235. The topological polar surface area (TPSA) is 38.3 Å². The van der Waals surface area contributed by atoms with E-state index in [1.54, 1.807) is 0 Å². The van der Waals surface area contributed by atoms with E-state index >= 15 is 0 Å². The summed E-state index contributed by atoms with van der Waals surface area (Å²) < 4.78 is 6.48. The normalized spacial score (nSPS) is 11.8. The number of rotatable bonds is 5. The summed E-state index contributed by atoms with van der Waals surface area (Å²) >= 11 is 3.49. The molecule has 21 heavy (non-hydrogen) atoms. The first-order valence-electron chi connectivity index (χ1n) is 6.79. The average molecular weight is 348 g/mol. The number of nitrogens with one attached hydrogen (secondary N) is 1. The Morgan fingerprint density at radius 1 is 1.24 bits per heavy atom. The number of aryl methyl sites for hydroxylation is 1. The number of hydrogen-bond donors (Lipinski definition) is 1. The predicted octanol–water partition coefficient (Wildman–Crippen LogP) is 4.01. The van der Waals surface area contributed by atoms with Gasteiger partial charge in [-0.05, 0) is 43.2 Å². The first kappa shape index (κ1) is 15.6. The van der Waals surface area contributed by atoms with Crippen molar-refractivity contribution in [3.63, 3.8) is 0 Å². The van der Waals surface area contributed by atoms with Gasteiger partial charge in [-0.3, -0.25) is 4.79 Å². The molecule has 0 unspecified atom stereocenters. The first-order valence-corrected chi connectivity index (χ1v) is 7.59. The van der Waals surface area contributed by atoms with Crippen LogP contribution in [0.3, 0.4) is 0 Å². The lowest BCUT2D eigenvalue weighted by molar-refractivity contribution is -0.123. The van der Waals surface area contributed by atoms with Crippen molar-refractivity contribution in [1.82, 2.24) is 5.32 Å². The van der Waals surface area contributed by atoms with E-state index in [1.165, 1.54) is 0 Å². The second kappa shape index (κ2) is 7.27. The van der Waals surface area contributed by atoms with Gasteiger partial charge in [0.2, 0.25) is 0 Å². The highest BCUT2D eigenvalue weighted by Gasteiger charge is 2.12. The van der Waals surface area contributed by atoms with Gasteiger partial charge in [0.25, 0.3) is 5.91 Å². The third-order valence-electron chi connectivity index (χ3n) is 3.11. The summed E-state index contributed by atoms with van der Waals surface area (Å²) in [7, 11) is 0. The van der Waals surface area contributed by atoms with E-state index < -0.39 is 0 Å². The van der Waals surface area contributed by atoms with Crippen molar-refractivity contribution >= 4 is 21.8 Å². The van der Waals surface area contributed by atoms with Crippen molar-refractivity contribution in [2.45, 2.75) is 19.9 Å². The lowest BCUT2D eigenvalue weighted by Crippen LogP contribution is -2.31. The molecule has 0 aliphatic heterocycles. The number of halogens is 1. The van der Waals surface area contributed by atoms with E-state index in [1.807, 2.05) is 62.4 Å². The molecule has 0 bridgehead atoms. The van der Waals surface area contributed by atoms with Crippen LogP contribution in [0.25, 0.3) is 0 Å². The van der Waals surface area contributed by atoms with E-state index in [9.17, 15) is 4.79 Å². The summed E-state index contributed by atoms with van der Waals surface area (Å²) in [6, 6.07) is 15.4. The van der Waals surface area contributed by atoms with Crippen LogP contribution in [-0.4, -0.2) is 12.5 Å². The van der Waals surface area contributed by atoms with Crippen LogP contribution in [-0.2, 0) is 4.79 Å². The van der Waals surface area contributed by atoms with Gasteiger partial charge in [-0.2, -0.15) is 0 Å². The standard InChI is InChI=1S/C17H18BrNO2/c1-12-6-5-7-14(10-12)21-11-17(20)19-13(2)15-8-3-4-9-16(15)18/h3-10,13H,11H2,1-2H3,(H,19,20)/t13-/m0/s1. The molecule has 0 radical (unpaired) electrons. The maximum atomic E-state index is 11.9. The van der Waals surface area contributed by atoms with Gasteiger partial charge in [0, 0.05) is 4.47 Å². The van der Waals surface area contributed by atoms with Crippen molar-refractivity contribution in [2.24, 2.45) is 0 Å². The Labute approximate surface area is 133 Å². The Hall–Kier alpha value is -1.81. The fourth-order valence-corrected chi connectivity index (χ4v) is 2.67. The summed E-state index contributed by atoms with van der Waals surface area (Å²) in [5, 5.41) is 2.93. The summed E-state index contributed by atoms with van der Waals surface area (Å²) in [6.45, 7) is 3.95. The second-order valence-corrected chi connectivity index (χ2v) is 5.77. The lowest BCUT2D eigenvalue weighted by atomic mass is 10.1. The van der Waals surface area contributed by atoms with Crippen molar-refractivity contribution in [1.29, 1.82) is 0 Å². The Bertz CT molecular complexity index is 628. The van der Waals surface area contributed by atoms with Gasteiger partial charge in [-0.15, -0.1) is 0 Å². The summed E-state index contributed by atoms with van der Waals surface area (Å²) in [4.78, 5) is 11.9. The highest BCUT2D eigenvalue weighted by atomic mass is 79.9. The molecule has 2 rings (SSSR count). The molecule has 0 heterocycles. The molecule has 0 aliphatic rings. The molecule has 0 aliphatic carbocycles. The highest BCUT2D eigenvalue weighted by Crippen LogP contribution is 2.22. The molecule has 0 aromatic heterocycles. The van der Waals surface area contributed by atoms with Crippen molar-refractivity contribution in [3.8, 4) is 5.75 Å². The van der Waals surface area contributed by atoms with E-state index in [2.05, 4.69) is 21.2 Å². The number of benzene rings is 2. The van der Waals surface area contributed by atoms with Gasteiger partial charge in [-0.25, -0.2) is 0 Å². The molecule has 1 N–H and O–H groups in total. The molecular weight excluding hydrogens is 330 g/mol. The summed E-state index contributed by atoms with van der Waals surface area (Å²) in [5.41, 5.74) is 2.15. The van der Waals surface area contributed by atoms with Crippen LogP contribution in [0.15, 0.2) is 53.0 Å². The number of carbonyl (C=O) groups excluding carboxylic acids is 1. The third-order valence-corrected chi connectivity index (χ3v) is 3.83. The molecule has 0 fully saturated rings. The highest BCUT2D eigenvalue weighted by molar-refractivity contribution is 9.10. The summed E-state index contributed by atoms with van der Waals surface area (Å²) in [5.74, 6) is 0.568. The number of amides is 1. The quantitative estimate of drug-likeness (QED) is 0.887. The van der Waals surface area contributed by atoms with Crippen molar-refractivity contribution in [3.05, 3.63) is 64.1 Å². The molecule has 1 atom stereocenters. The van der Waals surface area contributed by atoms with Gasteiger partial charge in [0.05, 0.1) is 6.04 Å². The Balaban J connectivity index is 1.89. The smallest absolute Gasteiger partial charge is 0.258 e. The molecule has 0 saturated carbocycles. The predicted molar refractivity (Wildman–Crippen MR) is 87.4 cm³/mol. The molecule has 2 aromatic carbocycles. The van der Waals surface area contributed by atoms with Crippen LogP contribution in [0.4, 0.5) is 0 Å². The Kier molecular flexibility index (Phi) is 5.39. The van der Waals surface area contributed by atoms with Crippen LogP contribution >= 0.6 is 15.9 Å². The van der Waals surface area contributed by atoms with Gasteiger partial charge in [0.15, 0.2) is 6.61 Å². The number of hydrogen-bond acceptors (Lipinski definition) is 2. The average Bonchev–Trinajstić information content (AvgIpc) is 2.45. The molecule has 2 aromatic rings. The molecule has 4 heteroatoms. The van der Waals surface area contributed by atoms with Gasteiger partial charge >= 0.3 is 0 Å². The number of carbonyl (C=O) groups is 1. The Morgan fingerprint density at radius 3 is 2.71 bits per heavy atom. The van der Waals surface area contributed by atoms with Crippen molar-refractivity contribution < 1.29 is 9.53 Å². The minimum atomic E-state index is -0.139. The van der Waals surface area contributed by atoms with Gasteiger partial charge < -0.3 is 10.1 Å². The van der Waals surface area contributed by atoms with E-state index in [0.717, 1.165) is 15.6 Å². The van der Waals surface area contributed by atoms with E-state index in [4.69, 9.17) is 4.74 Å². The zero-order valence-electron chi connectivity index (χ0n) is 12.1. The fourth-order valence-electron chi connectivity index (χ4n) is 2.04. The maximum Gasteiger partial charge on any atom is 0.258 e. The molecule has 1 amide bonds. The third kappa shape index (κ3) is 4.60. The van der Waals surface area contributed by atoms with E-state index in [0.29, 0.717) is 5.75 Å². The van der Waals surface area contributed by atoms with Crippen LogP contribution in [0, 0.1) is 6.92 Å². The minimum Gasteiger partial charge on any atom is -0.484 e. The summed E-state index contributed by atoms with van der Waals surface area (Å²) in [6.07, 6.45) is 0. The number of ether oxygens (including phenoxy) is 1. The molecule has 110 valence electrons. The van der Waals surface area contributed by atoms with Crippen LogP contribution in [0.1, 0.15) is 24.1 Å². The monoisotopic (exact) mass is 347 g/mol. The lowest BCUT2D eigenvalue weighted by Gasteiger charge is -2.16. The maximum absolute atomic E-state index is 11.9. The Morgan fingerprint density at radius 2 is 2.00 bits per heavy atom. The van der Waals surface area contributed by atoms with Crippen LogP contribution < -0.4 is 10.1 Å². The zero-order chi connectivity index (χ0) is 15.2. The molecule has 3 nitrogen and oxygen atoms in total. The SMILES string of the molecule is Cc1cccc(OCC(=O)N[C@@H](C)c2ccccc2Br)c1. The molecule has 0 saturated heterocycles. The van der Waals surface area contributed by atoms with Gasteiger partial charge in [-0.1, -0.05) is 46.3 Å². The zero-order valence-corrected chi connectivity index (χ0v) is 13.7. The van der Waals surface area contributed by atoms with Gasteiger partial charge in [0.1, 0.15) is 5.75 Å². The van der Waals surface area contributed by atoms with Crippen LogP contribution in [0.2, 0.25) is 0 Å². The first-order chi connectivity index (χ1) is 10.1. The molecular formula is C17H18BrNO2. The van der Waals surface area contributed by atoms with Crippen LogP contribution in [0.5, 0.6) is 5.75 Å². The second-order valence-electron chi connectivity index (χ2n) is 4.92. The largest absolute Gasteiger partial charge is 0.484 e. The minimum absolute atomic E-state index is 0.0121. The molecule has 0 spiro atoms. The van der Waals surface area contributed by atoms with E-state index in [-0.39, 0.29) is 18.6 Å². The van der Waals surface area contributed by atoms with Crippen molar-refractivity contribution in [2.75, 3.05) is 6.61 Å².